The van der Waals surface area contributed by atoms with Crippen molar-refractivity contribution in [2.45, 2.75) is 12.8 Å². The second-order valence-electron chi connectivity index (χ2n) is 7.89. The highest BCUT2D eigenvalue weighted by atomic mass is 35.5. The van der Waals surface area contributed by atoms with Gasteiger partial charge < -0.3 is 5.32 Å². The van der Waals surface area contributed by atoms with Gasteiger partial charge in [0.1, 0.15) is 0 Å². The third-order valence-corrected chi connectivity index (χ3v) is 6.49. The Morgan fingerprint density at radius 3 is 2.31 bits per heavy atom. The van der Waals surface area contributed by atoms with E-state index in [1.54, 1.807) is 18.2 Å². The minimum Gasteiger partial charge on any atom is -0.324 e. The van der Waals surface area contributed by atoms with E-state index in [1.165, 1.54) is 4.90 Å². The fourth-order valence-corrected chi connectivity index (χ4v) is 5.05. The third kappa shape index (κ3) is 2.97. The first kappa shape index (κ1) is 18.1. The summed E-state index contributed by atoms with van der Waals surface area (Å²) in [5.74, 6) is -0.726. The standard InChI is InChI=1S/C23H19ClN2O3/c24-17-9-8-16(12-18(17)25-19(27)10-13-4-2-1-3-5-13)26-22(28)20-14-6-7-15(11-14)21(20)23(26)29/h1-9,12,14-15,20-21H,10-11H2,(H,25,27)/t14-,15-,20-,21-/m0/s1. The van der Waals surface area contributed by atoms with Crippen molar-refractivity contribution in [1.29, 1.82) is 0 Å². The van der Waals surface area contributed by atoms with E-state index in [1.807, 2.05) is 30.3 Å². The predicted molar refractivity (Wildman–Crippen MR) is 110 cm³/mol. The van der Waals surface area contributed by atoms with Crippen LogP contribution in [-0.2, 0) is 20.8 Å². The van der Waals surface area contributed by atoms with Crippen molar-refractivity contribution in [1.82, 2.24) is 0 Å². The zero-order valence-electron chi connectivity index (χ0n) is 15.5. The second-order valence-corrected chi connectivity index (χ2v) is 8.29. The summed E-state index contributed by atoms with van der Waals surface area (Å²) < 4.78 is 0. The number of allylic oxidation sites excluding steroid dienone is 2. The molecular formula is C23H19ClN2O3. The molecule has 4 atom stereocenters. The Balaban J connectivity index is 1.38. The van der Waals surface area contributed by atoms with Crippen LogP contribution < -0.4 is 10.2 Å². The number of carbonyl (C=O) groups is 3. The van der Waals surface area contributed by atoms with Crippen LogP contribution in [0.15, 0.2) is 60.7 Å². The van der Waals surface area contributed by atoms with Crippen molar-refractivity contribution >= 4 is 40.7 Å². The van der Waals surface area contributed by atoms with Crippen LogP contribution in [0.2, 0.25) is 5.02 Å². The van der Waals surface area contributed by atoms with Gasteiger partial charge in [-0.15, -0.1) is 0 Å². The summed E-state index contributed by atoms with van der Waals surface area (Å²) in [5.41, 5.74) is 1.73. The van der Waals surface area contributed by atoms with E-state index in [0.29, 0.717) is 16.4 Å². The number of carbonyl (C=O) groups excluding carboxylic acids is 3. The van der Waals surface area contributed by atoms with Gasteiger partial charge in [-0.3, -0.25) is 14.4 Å². The van der Waals surface area contributed by atoms with Crippen LogP contribution in [0.4, 0.5) is 11.4 Å². The van der Waals surface area contributed by atoms with Crippen LogP contribution in [0, 0.1) is 23.7 Å². The summed E-state index contributed by atoms with van der Waals surface area (Å²) in [6, 6.07) is 14.3. The molecule has 2 aromatic rings. The van der Waals surface area contributed by atoms with Crippen LogP contribution in [0.3, 0.4) is 0 Å². The first-order valence-corrected chi connectivity index (χ1v) is 10.1. The topological polar surface area (TPSA) is 66.5 Å². The third-order valence-electron chi connectivity index (χ3n) is 6.16. The molecule has 0 radical (unpaired) electrons. The summed E-state index contributed by atoms with van der Waals surface area (Å²) in [7, 11) is 0. The van der Waals surface area contributed by atoms with Gasteiger partial charge in [-0.05, 0) is 42.0 Å². The highest BCUT2D eigenvalue weighted by Gasteiger charge is 2.59. The number of amides is 3. The Morgan fingerprint density at radius 1 is 1.00 bits per heavy atom. The number of imide groups is 1. The lowest BCUT2D eigenvalue weighted by Gasteiger charge is -2.19. The molecule has 2 fully saturated rings. The summed E-state index contributed by atoms with van der Waals surface area (Å²) in [6.45, 7) is 0. The van der Waals surface area contributed by atoms with Gasteiger partial charge in [-0.1, -0.05) is 54.1 Å². The fourth-order valence-electron chi connectivity index (χ4n) is 4.88. The number of hydrogen-bond donors (Lipinski definition) is 1. The molecule has 3 amide bonds. The van der Waals surface area contributed by atoms with E-state index in [0.717, 1.165) is 12.0 Å². The molecule has 2 aliphatic carbocycles. The number of nitrogens with zero attached hydrogens (tertiary/aromatic N) is 1. The maximum absolute atomic E-state index is 13.0. The Labute approximate surface area is 173 Å². The normalized spacial score (nSPS) is 26.9. The molecule has 0 unspecified atom stereocenters. The molecule has 1 aliphatic heterocycles. The van der Waals surface area contributed by atoms with Crippen molar-refractivity contribution in [3.63, 3.8) is 0 Å². The number of hydrogen-bond acceptors (Lipinski definition) is 3. The fraction of sp³-hybridized carbons (Fsp3) is 0.261. The summed E-state index contributed by atoms with van der Waals surface area (Å²) in [4.78, 5) is 39.7. The highest BCUT2D eigenvalue weighted by Crippen LogP contribution is 2.53. The Morgan fingerprint density at radius 2 is 1.66 bits per heavy atom. The van der Waals surface area contributed by atoms with E-state index >= 15 is 0 Å². The number of halogens is 1. The zero-order valence-corrected chi connectivity index (χ0v) is 16.3. The van der Waals surface area contributed by atoms with Crippen molar-refractivity contribution in [3.8, 4) is 0 Å². The first-order chi connectivity index (χ1) is 14.0. The Kier molecular flexibility index (Phi) is 4.28. The molecule has 6 heteroatoms. The number of benzene rings is 2. The monoisotopic (exact) mass is 406 g/mol. The molecule has 3 aliphatic rings. The van der Waals surface area contributed by atoms with E-state index in [4.69, 9.17) is 11.6 Å². The lowest BCUT2D eigenvalue weighted by atomic mass is 9.85. The summed E-state index contributed by atoms with van der Waals surface area (Å²) in [6.07, 6.45) is 5.24. The Hall–Kier alpha value is -2.92. The summed E-state index contributed by atoms with van der Waals surface area (Å²) in [5, 5.41) is 3.16. The summed E-state index contributed by atoms with van der Waals surface area (Å²) >= 11 is 6.26. The second kappa shape index (κ2) is 6.85. The molecule has 1 saturated heterocycles. The molecule has 1 saturated carbocycles. The van der Waals surface area contributed by atoms with Crippen molar-refractivity contribution in [3.05, 3.63) is 71.3 Å². The first-order valence-electron chi connectivity index (χ1n) is 9.72. The molecule has 5 nitrogen and oxygen atoms in total. The zero-order chi connectivity index (χ0) is 20.1. The smallest absolute Gasteiger partial charge is 0.238 e. The van der Waals surface area contributed by atoms with Gasteiger partial charge in [-0.2, -0.15) is 0 Å². The molecule has 1 N–H and O–H groups in total. The lowest BCUT2D eigenvalue weighted by molar-refractivity contribution is -0.123. The van der Waals surface area contributed by atoms with Crippen molar-refractivity contribution in [2.75, 3.05) is 10.2 Å². The van der Waals surface area contributed by atoms with Gasteiger partial charge in [0, 0.05) is 0 Å². The molecule has 0 spiro atoms. The number of rotatable bonds is 4. The average Bonchev–Trinajstić information content (AvgIpc) is 3.38. The number of fused-ring (bicyclic) bond motifs is 5. The van der Waals surface area contributed by atoms with Crippen LogP contribution in [0.5, 0.6) is 0 Å². The number of anilines is 2. The SMILES string of the molecule is O=C(Cc1ccccc1)Nc1cc(N2C(=O)[C@@H]3[C@@H](C2=O)[C@H]2C=C[C@H]3C2)ccc1Cl. The van der Waals surface area contributed by atoms with E-state index < -0.39 is 0 Å². The van der Waals surface area contributed by atoms with E-state index in [2.05, 4.69) is 17.5 Å². The maximum Gasteiger partial charge on any atom is 0.238 e. The van der Waals surface area contributed by atoms with Gasteiger partial charge in [0.25, 0.3) is 0 Å². The van der Waals surface area contributed by atoms with Gasteiger partial charge in [-0.25, -0.2) is 4.90 Å². The van der Waals surface area contributed by atoms with Crippen LogP contribution in [0.25, 0.3) is 0 Å². The van der Waals surface area contributed by atoms with Gasteiger partial charge in [0.15, 0.2) is 0 Å². The molecular weight excluding hydrogens is 388 g/mol. The molecule has 2 aromatic carbocycles. The van der Waals surface area contributed by atoms with Gasteiger partial charge in [0.2, 0.25) is 17.7 Å². The van der Waals surface area contributed by atoms with Gasteiger partial charge in [0.05, 0.1) is 34.7 Å². The van der Waals surface area contributed by atoms with E-state index in [9.17, 15) is 14.4 Å². The lowest BCUT2D eigenvalue weighted by Crippen LogP contribution is -2.32. The highest BCUT2D eigenvalue weighted by molar-refractivity contribution is 6.34. The molecule has 29 heavy (non-hydrogen) atoms. The minimum absolute atomic E-state index is 0.152. The van der Waals surface area contributed by atoms with Crippen molar-refractivity contribution < 1.29 is 14.4 Å². The Bertz CT molecular complexity index is 1020. The molecule has 146 valence electrons. The molecule has 2 bridgehead atoms. The van der Waals surface area contributed by atoms with Crippen LogP contribution in [-0.4, -0.2) is 17.7 Å². The van der Waals surface area contributed by atoms with Crippen LogP contribution in [0.1, 0.15) is 12.0 Å². The van der Waals surface area contributed by atoms with E-state index in [-0.39, 0.29) is 47.8 Å². The number of nitrogens with one attached hydrogen (secondary N) is 1. The van der Waals surface area contributed by atoms with Gasteiger partial charge >= 0.3 is 0 Å². The molecule has 5 rings (SSSR count). The van der Waals surface area contributed by atoms with Crippen molar-refractivity contribution in [2.24, 2.45) is 23.7 Å². The van der Waals surface area contributed by atoms with Crippen LogP contribution >= 0.6 is 11.6 Å². The largest absolute Gasteiger partial charge is 0.324 e. The quantitative estimate of drug-likeness (QED) is 0.619. The minimum atomic E-state index is -0.260. The average molecular weight is 407 g/mol. The molecule has 1 heterocycles. The molecule has 0 aromatic heterocycles. The predicted octanol–water partition coefficient (Wildman–Crippen LogP) is 3.83. The maximum atomic E-state index is 13.0.